The molecule has 106 valence electrons. The van der Waals surface area contributed by atoms with Gasteiger partial charge in [-0.3, -0.25) is 4.98 Å². The molecule has 0 spiro atoms. The number of piperidine rings is 1. The Morgan fingerprint density at radius 1 is 1.37 bits per heavy atom. The third-order valence-corrected chi connectivity index (χ3v) is 4.15. The lowest BCUT2D eigenvalue weighted by atomic mass is 9.84. The van der Waals surface area contributed by atoms with Crippen LogP contribution < -0.4 is 4.90 Å². The van der Waals surface area contributed by atoms with Gasteiger partial charge >= 0.3 is 0 Å². The van der Waals surface area contributed by atoms with E-state index < -0.39 is 5.60 Å². The molecule has 1 aromatic heterocycles. The van der Waals surface area contributed by atoms with Crippen LogP contribution in [0.15, 0.2) is 18.3 Å². The van der Waals surface area contributed by atoms with Gasteiger partial charge in [0, 0.05) is 24.7 Å². The van der Waals surface area contributed by atoms with Crippen LogP contribution in [-0.2, 0) is 0 Å². The van der Waals surface area contributed by atoms with Crippen LogP contribution in [0, 0.1) is 5.92 Å². The maximum atomic E-state index is 10.2. The lowest BCUT2D eigenvalue weighted by Crippen LogP contribution is -2.44. The molecule has 1 saturated heterocycles. The van der Waals surface area contributed by atoms with Crippen LogP contribution in [0.5, 0.6) is 0 Å². The van der Waals surface area contributed by atoms with Gasteiger partial charge in [0.05, 0.1) is 17.5 Å². The Labute approximate surface area is 116 Å². The average molecular weight is 262 g/mol. The molecule has 3 nitrogen and oxygen atoms in total. The number of hydrogen-bond donors (Lipinski definition) is 1. The minimum Gasteiger partial charge on any atom is -0.390 e. The number of nitrogens with zero attached hydrogens (tertiary/aromatic N) is 2. The molecular weight excluding hydrogens is 236 g/mol. The molecular formula is C16H26N2O. The zero-order valence-electron chi connectivity index (χ0n) is 12.6. The summed E-state index contributed by atoms with van der Waals surface area (Å²) in [7, 11) is 0. The van der Waals surface area contributed by atoms with Crippen LogP contribution in [0.25, 0.3) is 0 Å². The fourth-order valence-corrected chi connectivity index (χ4v) is 2.71. The van der Waals surface area contributed by atoms with Crippen molar-refractivity contribution in [1.82, 2.24) is 4.98 Å². The standard InChI is InChI=1S/C16H26N2O/c1-12(2)15-8-7-14(10-17-15)18-9-5-6-13(11-18)16(3,4)19/h7-8,10,12-13,19H,5-6,9,11H2,1-4H3. The predicted octanol–water partition coefficient (Wildman–Crippen LogP) is 3.19. The summed E-state index contributed by atoms with van der Waals surface area (Å²) in [6.07, 6.45) is 4.22. The van der Waals surface area contributed by atoms with Gasteiger partial charge in [0.15, 0.2) is 0 Å². The summed E-state index contributed by atoms with van der Waals surface area (Å²) >= 11 is 0. The van der Waals surface area contributed by atoms with E-state index >= 15 is 0 Å². The fraction of sp³-hybridized carbons (Fsp3) is 0.688. The maximum absolute atomic E-state index is 10.2. The number of hydrogen-bond acceptors (Lipinski definition) is 3. The molecule has 0 bridgehead atoms. The van der Waals surface area contributed by atoms with Gasteiger partial charge in [0.2, 0.25) is 0 Å². The van der Waals surface area contributed by atoms with Crippen molar-refractivity contribution >= 4 is 5.69 Å². The Balaban J connectivity index is 2.09. The van der Waals surface area contributed by atoms with Gasteiger partial charge in [-0.2, -0.15) is 0 Å². The van der Waals surface area contributed by atoms with Gasteiger partial charge in [0.1, 0.15) is 0 Å². The summed E-state index contributed by atoms with van der Waals surface area (Å²) in [4.78, 5) is 6.89. The predicted molar refractivity (Wildman–Crippen MR) is 79.6 cm³/mol. The normalized spacial score (nSPS) is 20.9. The molecule has 1 aliphatic heterocycles. The molecule has 1 aromatic rings. The lowest BCUT2D eigenvalue weighted by Gasteiger charge is -2.39. The van der Waals surface area contributed by atoms with Gasteiger partial charge in [-0.05, 0) is 44.7 Å². The molecule has 2 rings (SSSR count). The van der Waals surface area contributed by atoms with E-state index in [1.807, 2.05) is 20.0 Å². The van der Waals surface area contributed by atoms with E-state index in [0.29, 0.717) is 11.8 Å². The lowest BCUT2D eigenvalue weighted by molar-refractivity contribution is 0.0110. The second-order valence-electron chi connectivity index (χ2n) is 6.53. The van der Waals surface area contributed by atoms with Crippen LogP contribution >= 0.6 is 0 Å². The van der Waals surface area contributed by atoms with Crippen molar-refractivity contribution in [1.29, 1.82) is 0 Å². The first-order valence-corrected chi connectivity index (χ1v) is 7.31. The van der Waals surface area contributed by atoms with E-state index in [0.717, 1.165) is 31.6 Å². The monoisotopic (exact) mass is 262 g/mol. The minimum absolute atomic E-state index is 0.339. The average Bonchev–Trinajstić information content (AvgIpc) is 2.38. The molecule has 0 aliphatic carbocycles. The second-order valence-corrected chi connectivity index (χ2v) is 6.53. The van der Waals surface area contributed by atoms with Gasteiger partial charge in [0.25, 0.3) is 0 Å². The highest BCUT2D eigenvalue weighted by Gasteiger charge is 2.31. The number of anilines is 1. The van der Waals surface area contributed by atoms with Crippen LogP contribution in [0.3, 0.4) is 0 Å². The Kier molecular flexibility index (Phi) is 4.14. The SMILES string of the molecule is CC(C)c1ccc(N2CCCC(C(C)(C)O)C2)cn1. The number of pyridine rings is 1. The zero-order chi connectivity index (χ0) is 14.0. The van der Waals surface area contributed by atoms with Crippen molar-refractivity contribution in [2.75, 3.05) is 18.0 Å². The highest BCUT2D eigenvalue weighted by molar-refractivity contribution is 5.45. The van der Waals surface area contributed by atoms with Crippen molar-refractivity contribution in [3.8, 4) is 0 Å². The van der Waals surface area contributed by atoms with E-state index in [2.05, 4.69) is 35.9 Å². The first-order valence-electron chi connectivity index (χ1n) is 7.31. The van der Waals surface area contributed by atoms with Gasteiger partial charge in [-0.25, -0.2) is 0 Å². The smallest absolute Gasteiger partial charge is 0.0636 e. The molecule has 1 atom stereocenters. The Hall–Kier alpha value is -1.09. The van der Waals surface area contributed by atoms with Gasteiger partial charge in [-0.1, -0.05) is 13.8 Å². The molecule has 0 amide bonds. The Bertz CT molecular complexity index is 406. The van der Waals surface area contributed by atoms with E-state index in [9.17, 15) is 5.11 Å². The van der Waals surface area contributed by atoms with Crippen molar-refractivity contribution in [2.45, 2.75) is 52.1 Å². The van der Waals surface area contributed by atoms with Gasteiger partial charge < -0.3 is 10.0 Å². The minimum atomic E-state index is -0.593. The molecule has 0 aromatic carbocycles. The summed E-state index contributed by atoms with van der Waals surface area (Å²) in [5.41, 5.74) is 1.72. The second kappa shape index (κ2) is 5.49. The first kappa shape index (κ1) is 14.3. The topological polar surface area (TPSA) is 36.4 Å². The van der Waals surface area contributed by atoms with Crippen molar-refractivity contribution in [2.24, 2.45) is 5.92 Å². The van der Waals surface area contributed by atoms with Crippen LogP contribution in [0.1, 0.15) is 52.1 Å². The quantitative estimate of drug-likeness (QED) is 0.909. The van der Waals surface area contributed by atoms with Crippen LogP contribution in [-0.4, -0.2) is 28.8 Å². The van der Waals surface area contributed by atoms with Gasteiger partial charge in [-0.15, -0.1) is 0 Å². The summed E-state index contributed by atoms with van der Waals surface area (Å²) in [6.45, 7) is 10.1. The van der Waals surface area contributed by atoms with Crippen LogP contribution in [0.4, 0.5) is 5.69 Å². The third-order valence-electron chi connectivity index (χ3n) is 4.15. The Morgan fingerprint density at radius 3 is 2.63 bits per heavy atom. The van der Waals surface area contributed by atoms with E-state index in [1.54, 1.807) is 0 Å². The number of aromatic nitrogens is 1. The maximum Gasteiger partial charge on any atom is 0.0636 e. The molecule has 2 heterocycles. The highest BCUT2D eigenvalue weighted by Crippen LogP contribution is 2.29. The molecule has 3 heteroatoms. The van der Waals surface area contributed by atoms with Crippen molar-refractivity contribution in [3.05, 3.63) is 24.0 Å². The molecule has 1 fully saturated rings. The number of aliphatic hydroxyl groups is 1. The molecule has 0 radical (unpaired) electrons. The van der Waals surface area contributed by atoms with Crippen molar-refractivity contribution in [3.63, 3.8) is 0 Å². The van der Waals surface area contributed by atoms with E-state index in [4.69, 9.17) is 0 Å². The van der Waals surface area contributed by atoms with E-state index in [1.165, 1.54) is 5.69 Å². The largest absolute Gasteiger partial charge is 0.390 e. The molecule has 1 aliphatic rings. The van der Waals surface area contributed by atoms with E-state index in [-0.39, 0.29) is 0 Å². The molecule has 0 saturated carbocycles. The molecule has 19 heavy (non-hydrogen) atoms. The summed E-state index contributed by atoms with van der Waals surface area (Å²) in [5, 5.41) is 10.2. The highest BCUT2D eigenvalue weighted by atomic mass is 16.3. The summed E-state index contributed by atoms with van der Waals surface area (Å²) in [6, 6.07) is 4.28. The van der Waals surface area contributed by atoms with Crippen molar-refractivity contribution < 1.29 is 5.11 Å². The first-order chi connectivity index (χ1) is 8.88. The third kappa shape index (κ3) is 3.47. The Morgan fingerprint density at radius 2 is 2.11 bits per heavy atom. The zero-order valence-corrected chi connectivity index (χ0v) is 12.6. The molecule has 1 N–H and O–H groups in total. The summed E-state index contributed by atoms with van der Waals surface area (Å²) in [5.74, 6) is 0.811. The van der Waals surface area contributed by atoms with Crippen LogP contribution in [0.2, 0.25) is 0 Å². The fourth-order valence-electron chi connectivity index (χ4n) is 2.71. The molecule has 1 unspecified atom stereocenters. The summed E-state index contributed by atoms with van der Waals surface area (Å²) < 4.78 is 0. The number of rotatable bonds is 3.